The van der Waals surface area contributed by atoms with Crippen LogP contribution in [0.2, 0.25) is 0 Å². The summed E-state index contributed by atoms with van der Waals surface area (Å²) in [6.45, 7) is 11.4. The number of hydrogen-bond donors (Lipinski definition) is 2. The van der Waals surface area contributed by atoms with Crippen LogP contribution in [0.3, 0.4) is 0 Å². The Balaban J connectivity index is 0.00000420. The summed E-state index contributed by atoms with van der Waals surface area (Å²) >= 11 is 0. The smallest absolute Gasteiger partial charge is 0.191 e. The fourth-order valence-electron chi connectivity index (χ4n) is 3.19. The van der Waals surface area contributed by atoms with Crippen LogP contribution in [0.5, 0.6) is 5.75 Å². The molecule has 1 unspecified atom stereocenters. The van der Waals surface area contributed by atoms with Gasteiger partial charge in [-0.05, 0) is 38.0 Å². The average molecular weight is 520 g/mol. The van der Waals surface area contributed by atoms with Crippen molar-refractivity contribution in [1.29, 1.82) is 0 Å². The van der Waals surface area contributed by atoms with E-state index in [0.29, 0.717) is 6.54 Å². The molecule has 0 amide bonds. The summed E-state index contributed by atoms with van der Waals surface area (Å²) in [4.78, 5) is 7.32. The van der Waals surface area contributed by atoms with Crippen LogP contribution in [-0.2, 0) is 9.47 Å². The molecule has 0 aliphatic carbocycles. The molecule has 29 heavy (non-hydrogen) atoms. The van der Waals surface area contributed by atoms with E-state index in [1.54, 1.807) is 7.11 Å². The minimum absolute atomic E-state index is 0. The number of nitrogens with one attached hydrogen (secondary N) is 2. The zero-order chi connectivity index (χ0) is 20.0. The van der Waals surface area contributed by atoms with E-state index in [9.17, 15) is 0 Å². The zero-order valence-corrected chi connectivity index (χ0v) is 20.3. The van der Waals surface area contributed by atoms with Crippen LogP contribution in [-0.4, -0.2) is 77.1 Å². The fourth-order valence-corrected chi connectivity index (χ4v) is 3.19. The molecule has 0 bridgehead atoms. The highest BCUT2D eigenvalue weighted by Crippen LogP contribution is 2.24. The quantitative estimate of drug-likeness (QED) is 0.203. The lowest BCUT2D eigenvalue weighted by molar-refractivity contribution is 0.0179. The highest BCUT2D eigenvalue weighted by molar-refractivity contribution is 14.0. The Labute approximate surface area is 192 Å². The van der Waals surface area contributed by atoms with Gasteiger partial charge in [-0.25, -0.2) is 0 Å². The monoisotopic (exact) mass is 520 g/mol. The van der Waals surface area contributed by atoms with Crippen LogP contribution < -0.4 is 15.4 Å². The average Bonchev–Trinajstić information content (AvgIpc) is 2.75. The summed E-state index contributed by atoms with van der Waals surface area (Å²) in [5.74, 6) is 1.73. The Morgan fingerprint density at radius 2 is 1.90 bits per heavy atom. The van der Waals surface area contributed by atoms with Crippen molar-refractivity contribution in [2.75, 3.05) is 66.3 Å². The van der Waals surface area contributed by atoms with Crippen LogP contribution in [0, 0.1) is 0 Å². The van der Waals surface area contributed by atoms with Gasteiger partial charge in [-0.3, -0.25) is 9.89 Å². The Morgan fingerprint density at radius 1 is 1.17 bits per heavy atom. The first-order valence-electron chi connectivity index (χ1n) is 10.3. The van der Waals surface area contributed by atoms with Gasteiger partial charge in [-0.2, -0.15) is 0 Å². The van der Waals surface area contributed by atoms with Gasteiger partial charge in [0.1, 0.15) is 5.75 Å². The Morgan fingerprint density at radius 3 is 2.52 bits per heavy atom. The first-order chi connectivity index (χ1) is 13.8. The van der Waals surface area contributed by atoms with Crippen molar-refractivity contribution in [3.05, 3.63) is 29.8 Å². The summed E-state index contributed by atoms with van der Waals surface area (Å²) in [6, 6.07) is 8.52. The molecule has 1 atom stereocenters. The molecule has 0 aromatic heterocycles. The molecule has 8 heteroatoms. The van der Waals surface area contributed by atoms with Gasteiger partial charge in [0, 0.05) is 39.4 Å². The topological polar surface area (TPSA) is 67.4 Å². The number of hydrogen-bond acceptors (Lipinski definition) is 5. The number of ether oxygens (including phenoxy) is 3. The number of aliphatic imine (C=N–C) groups is 1. The van der Waals surface area contributed by atoms with Gasteiger partial charge in [-0.15, -0.1) is 24.0 Å². The van der Waals surface area contributed by atoms with E-state index >= 15 is 0 Å². The Hall–Kier alpha value is -1.10. The molecule has 0 radical (unpaired) electrons. The SMILES string of the molecule is CCNC(=NCC(c1ccc(OC)cc1)N1CCOCC1)NCCCOCC.I. The normalized spacial score (nSPS) is 16.0. The van der Waals surface area contributed by atoms with E-state index in [-0.39, 0.29) is 30.0 Å². The van der Waals surface area contributed by atoms with Gasteiger partial charge in [-0.1, -0.05) is 12.1 Å². The summed E-state index contributed by atoms with van der Waals surface area (Å²) in [7, 11) is 1.69. The molecular formula is C21H37IN4O3. The molecule has 2 N–H and O–H groups in total. The highest BCUT2D eigenvalue weighted by Gasteiger charge is 2.22. The predicted octanol–water partition coefficient (Wildman–Crippen LogP) is 2.67. The highest BCUT2D eigenvalue weighted by atomic mass is 127. The molecule has 1 aliphatic rings. The van der Waals surface area contributed by atoms with Gasteiger partial charge in [0.05, 0.1) is 32.9 Å². The maximum Gasteiger partial charge on any atom is 0.191 e. The minimum atomic E-state index is 0. The lowest BCUT2D eigenvalue weighted by Gasteiger charge is -2.34. The molecule has 1 aromatic carbocycles. The number of rotatable bonds is 11. The van der Waals surface area contributed by atoms with Crippen molar-refractivity contribution in [2.24, 2.45) is 4.99 Å². The molecule has 1 aliphatic heterocycles. The summed E-state index contributed by atoms with van der Waals surface area (Å²) in [5.41, 5.74) is 1.25. The van der Waals surface area contributed by atoms with Crippen LogP contribution in [0.15, 0.2) is 29.3 Å². The standard InChI is InChI=1S/C21H36N4O3.HI/c1-4-22-21(23-11-6-14-27-5-2)24-17-20(25-12-15-28-16-13-25)18-7-9-19(26-3)10-8-18;/h7-10,20H,4-6,11-17H2,1-3H3,(H2,22,23,24);1H. The molecule has 1 saturated heterocycles. The summed E-state index contributed by atoms with van der Waals surface area (Å²) < 4.78 is 16.2. The first-order valence-corrected chi connectivity index (χ1v) is 10.3. The Bertz CT molecular complexity index is 566. The van der Waals surface area contributed by atoms with E-state index in [0.717, 1.165) is 70.7 Å². The number of methoxy groups -OCH3 is 1. The number of morpholine rings is 1. The van der Waals surface area contributed by atoms with Gasteiger partial charge in [0.25, 0.3) is 0 Å². The van der Waals surface area contributed by atoms with Crippen molar-refractivity contribution < 1.29 is 14.2 Å². The van der Waals surface area contributed by atoms with Crippen molar-refractivity contribution >= 4 is 29.9 Å². The molecule has 166 valence electrons. The lowest BCUT2D eigenvalue weighted by Crippen LogP contribution is -2.42. The number of guanidine groups is 1. The van der Waals surface area contributed by atoms with Crippen molar-refractivity contribution in [3.8, 4) is 5.75 Å². The molecule has 7 nitrogen and oxygen atoms in total. The number of nitrogens with zero attached hydrogens (tertiary/aromatic N) is 2. The zero-order valence-electron chi connectivity index (χ0n) is 18.0. The fraction of sp³-hybridized carbons (Fsp3) is 0.667. The van der Waals surface area contributed by atoms with Crippen LogP contribution >= 0.6 is 24.0 Å². The molecule has 0 spiro atoms. The van der Waals surface area contributed by atoms with E-state index < -0.39 is 0 Å². The van der Waals surface area contributed by atoms with Gasteiger partial charge < -0.3 is 24.8 Å². The summed E-state index contributed by atoms with van der Waals surface area (Å²) in [5, 5.41) is 6.74. The molecule has 1 fully saturated rings. The first kappa shape index (κ1) is 25.9. The second kappa shape index (κ2) is 15.7. The second-order valence-corrected chi connectivity index (χ2v) is 6.63. The van der Waals surface area contributed by atoms with Gasteiger partial charge in [0.15, 0.2) is 5.96 Å². The lowest BCUT2D eigenvalue weighted by atomic mass is 10.0. The number of halogens is 1. The second-order valence-electron chi connectivity index (χ2n) is 6.63. The van der Waals surface area contributed by atoms with Crippen molar-refractivity contribution in [1.82, 2.24) is 15.5 Å². The molecule has 1 aromatic rings. The van der Waals surface area contributed by atoms with Crippen LogP contribution in [0.25, 0.3) is 0 Å². The summed E-state index contributed by atoms with van der Waals surface area (Å²) in [6.07, 6.45) is 0.962. The van der Waals surface area contributed by atoms with E-state index in [4.69, 9.17) is 19.2 Å². The Kier molecular flexibility index (Phi) is 14.0. The van der Waals surface area contributed by atoms with Crippen LogP contribution in [0.1, 0.15) is 31.9 Å². The molecule has 2 rings (SSSR count). The van der Waals surface area contributed by atoms with Gasteiger partial charge >= 0.3 is 0 Å². The third-order valence-corrected chi connectivity index (χ3v) is 4.72. The van der Waals surface area contributed by atoms with E-state index in [1.165, 1.54) is 5.56 Å². The predicted molar refractivity (Wildman–Crippen MR) is 129 cm³/mol. The minimum Gasteiger partial charge on any atom is -0.497 e. The maximum atomic E-state index is 5.54. The largest absolute Gasteiger partial charge is 0.497 e. The third-order valence-electron chi connectivity index (χ3n) is 4.72. The maximum absolute atomic E-state index is 5.54. The van der Waals surface area contributed by atoms with Crippen LogP contribution in [0.4, 0.5) is 0 Å². The van der Waals surface area contributed by atoms with Crippen molar-refractivity contribution in [2.45, 2.75) is 26.3 Å². The molecular weight excluding hydrogens is 483 g/mol. The molecule has 1 heterocycles. The van der Waals surface area contributed by atoms with Crippen molar-refractivity contribution in [3.63, 3.8) is 0 Å². The third kappa shape index (κ3) is 9.50. The number of benzene rings is 1. The van der Waals surface area contributed by atoms with Gasteiger partial charge in [0.2, 0.25) is 0 Å². The van der Waals surface area contributed by atoms with E-state index in [2.05, 4.69) is 34.6 Å². The van der Waals surface area contributed by atoms with E-state index in [1.807, 2.05) is 19.1 Å². The molecule has 0 saturated carbocycles.